The number of likely N-dealkylation sites (N-methyl/N-ethyl adjacent to an activating group) is 1. The standard InChI is InChI=1S/C16H17ClFNO/c1-11(19-2)9-12-10-14(18)5-8-16(12)20-15-6-3-13(17)4-7-15/h3-8,10-11,19H,9H2,1-2H3. The number of nitrogens with one attached hydrogen (secondary N) is 1. The van der Waals surface area contributed by atoms with Gasteiger partial charge in [-0.1, -0.05) is 11.6 Å². The van der Waals surface area contributed by atoms with Crippen molar-refractivity contribution in [2.75, 3.05) is 7.05 Å². The molecule has 0 aliphatic carbocycles. The molecule has 0 aromatic heterocycles. The molecule has 1 atom stereocenters. The minimum absolute atomic E-state index is 0.240. The van der Waals surface area contributed by atoms with Crippen molar-refractivity contribution in [1.29, 1.82) is 0 Å². The van der Waals surface area contributed by atoms with Gasteiger partial charge in [0.15, 0.2) is 0 Å². The lowest BCUT2D eigenvalue weighted by molar-refractivity contribution is 0.468. The van der Waals surface area contributed by atoms with Gasteiger partial charge in [0.2, 0.25) is 0 Å². The molecule has 0 spiro atoms. The first-order chi connectivity index (χ1) is 9.58. The molecule has 0 saturated carbocycles. The summed E-state index contributed by atoms with van der Waals surface area (Å²) in [5.41, 5.74) is 0.835. The van der Waals surface area contributed by atoms with Gasteiger partial charge < -0.3 is 10.1 Å². The van der Waals surface area contributed by atoms with Gasteiger partial charge in [-0.05, 0) is 68.4 Å². The van der Waals surface area contributed by atoms with Crippen LogP contribution in [0, 0.1) is 5.82 Å². The lowest BCUT2D eigenvalue weighted by atomic mass is 10.1. The van der Waals surface area contributed by atoms with Gasteiger partial charge in [-0.15, -0.1) is 0 Å². The van der Waals surface area contributed by atoms with Crippen LogP contribution in [-0.4, -0.2) is 13.1 Å². The average molecular weight is 294 g/mol. The molecule has 2 aromatic carbocycles. The molecule has 0 radical (unpaired) electrons. The number of hydrogen-bond donors (Lipinski definition) is 1. The number of benzene rings is 2. The van der Waals surface area contributed by atoms with Gasteiger partial charge in [-0.25, -0.2) is 4.39 Å². The number of hydrogen-bond acceptors (Lipinski definition) is 2. The summed E-state index contributed by atoms with van der Waals surface area (Å²) in [6.45, 7) is 2.04. The first-order valence-corrected chi connectivity index (χ1v) is 6.85. The Balaban J connectivity index is 2.23. The zero-order valence-corrected chi connectivity index (χ0v) is 12.2. The van der Waals surface area contributed by atoms with Crippen molar-refractivity contribution >= 4 is 11.6 Å². The Hall–Kier alpha value is -1.58. The molecule has 0 heterocycles. The molecular formula is C16H17ClFNO. The molecule has 1 unspecified atom stereocenters. The zero-order chi connectivity index (χ0) is 14.5. The van der Waals surface area contributed by atoms with E-state index < -0.39 is 0 Å². The molecule has 2 aromatic rings. The van der Waals surface area contributed by atoms with E-state index in [1.165, 1.54) is 12.1 Å². The summed E-state index contributed by atoms with van der Waals surface area (Å²) >= 11 is 5.84. The smallest absolute Gasteiger partial charge is 0.130 e. The van der Waals surface area contributed by atoms with Gasteiger partial charge in [0.25, 0.3) is 0 Å². The van der Waals surface area contributed by atoms with Crippen molar-refractivity contribution in [3.05, 3.63) is 58.9 Å². The van der Waals surface area contributed by atoms with Crippen molar-refractivity contribution < 1.29 is 9.13 Å². The normalized spacial score (nSPS) is 12.2. The molecule has 0 fully saturated rings. The lowest BCUT2D eigenvalue weighted by Crippen LogP contribution is -2.23. The van der Waals surface area contributed by atoms with Gasteiger partial charge in [-0.2, -0.15) is 0 Å². The summed E-state index contributed by atoms with van der Waals surface area (Å²) in [5, 5.41) is 3.79. The molecule has 0 saturated heterocycles. The third-order valence-corrected chi connectivity index (χ3v) is 3.33. The fraction of sp³-hybridized carbons (Fsp3) is 0.250. The highest BCUT2D eigenvalue weighted by Crippen LogP contribution is 2.28. The quantitative estimate of drug-likeness (QED) is 0.881. The van der Waals surface area contributed by atoms with E-state index in [0.717, 1.165) is 5.56 Å². The van der Waals surface area contributed by atoms with Crippen molar-refractivity contribution in [2.45, 2.75) is 19.4 Å². The molecule has 0 aliphatic heterocycles. The first kappa shape index (κ1) is 14.8. The average Bonchev–Trinajstić information content (AvgIpc) is 2.44. The van der Waals surface area contributed by atoms with E-state index in [1.54, 1.807) is 30.3 Å². The second-order valence-electron chi connectivity index (χ2n) is 4.70. The predicted molar refractivity (Wildman–Crippen MR) is 80.2 cm³/mol. The molecule has 2 rings (SSSR count). The molecule has 0 aliphatic rings. The molecular weight excluding hydrogens is 277 g/mol. The predicted octanol–water partition coefficient (Wildman–Crippen LogP) is 4.42. The van der Waals surface area contributed by atoms with E-state index in [9.17, 15) is 4.39 Å². The van der Waals surface area contributed by atoms with Crippen LogP contribution >= 0.6 is 11.6 Å². The minimum atomic E-state index is -0.258. The van der Waals surface area contributed by atoms with Crippen molar-refractivity contribution in [1.82, 2.24) is 5.32 Å². The number of ether oxygens (including phenoxy) is 1. The Morgan fingerprint density at radius 2 is 1.90 bits per heavy atom. The van der Waals surface area contributed by atoms with Crippen LogP contribution in [0.2, 0.25) is 5.02 Å². The zero-order valence-electron chi connectivity index (χ0n) is 11.5. The summed E-state index contributed by atoms with van der Waals surface area (Å²) in [5.74, 6) is 1.09. The van der Waals surface area contributed by atoms with Crippen LogP contribution in [0.1, 0.15) is 12.5 Å². The third-order valence-electron chi connectivity index (χ3n) is 3.08. The summed E-state index contributed by atoms with van der Waals surface area (Å²) in [4.78, 5) is 0. The maximum absolute atomic E-state index is 13.4. The lowest BCUT2D eigenvalue weighted by Gasteiger charge is -2.15. The van der Waals surface area contributed by atoms with Gasteiger partial charge in [0.1, 0.15) is 17.3 Å². The SMILES string of the molecule is CNC(C)Cc1cc(F)ccc1Oc1ccc(Cl)cc1. The van der Waals surface area contributed by atoms with Crippen LogP contribution in [0.4, 0.5) is 4.39 Å². The maximum atomic E-state index is 13.4. The topological polar surface area (TPSA) is 21.3 Å². The van der Waals surface area contributed by atoms with Crippen molar-refractivity contribution in [2.24, 2.45) is 0 Å². The van der Waals surface area contributed by atoms with Crippen molar-refractivity contribution in [3.8, 4) is 11.5 Å². The van der Waals surface area contributed by atoms with E-state index in [4.69, 9.17) is 16.3 Å². The second kappa shape index (κ2) is 6.73. The Bertz CT molecular complexity index is 571. The van der Waals surface area contributed by atoms with Crippen LogP contribution in [0.15, 0.2) is 42.5 Å². The highest BCUT2D eigenvalue weighted by Gasteiger charge is 2.10. The van der Waals surface area contributed by atoms with Gasteiger partial charge in [0, 0.05) is 11.1 Å². The fourth-order valence-corrected chi connectivity index (χ4v) is 1.99. The largest absolute Gasteiger partial charge is 0.457 e. The first-order valence-electron chi connectivity index (χ1n) is 6.47. The summed E-state index contributed by atoms with van der Waals surface area (Å²) in [6, 6.07) is 11.9. The Morgan fingerprint density at radius 1 is 1.20 bits per heavy atom. The highest BCUT2D eigenvalue weighted by atomic mass is 35.5. The number of halogens is 2. The van der Waals surface area contributed by atoms with Crippen LogP contribution in [-0.2, 0) is 6.42 Å². The maximum Gasteiger partial charge on any atom is 0.130 e. The fourth-order valence-electron chi connectivity index (χ4n) is 1.87. The molecule has 1 N–H and O–H groups in total. The van der Waals surface area contributed by atoms with Gasteiger partial charge >= 0.3 is 0 Å². The monoisotopic (exact) mass is 293 g/mol. The van der Waals surface area contributed by atoms with Gasteiger partial charge in [0.05, 0.1) is 0 Å². The van der Waals surface area contributed by atoms with E-state index in [0.29, 0.717) is 22.9 Å². The van der Waals surface area contributed by atoms with Crippen LogP contribution in [0.5, 0.6) is 11.5 Å². The van der Waals surface area contributed by atoms with E-state index in [-0.39, 0.29) is 11.9 Å². The summed E-state index contributed by atoms with van der Waals surface area (Å²) < 4.78 is 19.2. The summed E-state index contributed by atoms with van der Waals surface area (Å²) in [7, 11) is 1.88. The Kier molecular flexibility index (Phi) is 4.99. The third kappa shape index (κ3) is 3.95. The van der Waals surface area contributed by atoms with Crippen LogP contribution in [0.25, 0.3) is 0 Å². The Labute approximate surface area is 123 Å². The van der Waals surface area contributed by atoms with Crippen molar-refractivity contribution in [3.63, 3.8) is 0 Å². The molecule has 2 nitrogen and oxygen atoms in total. The highest BCUT2D eigenvalue weighted by molar-refractivity contribution is 6.30. The molecule has 0 bridgehead atoms. The molecule has 4 heteroatoms. The molecule has 20 heavy (non-hydrogen) atoms. The van der Waals surface area contributed by atoms with E-state index >= 15 is 0 Å². The Morgan fingerprint density at radius 3 is 2.55 bits per heavy atom. The van der Waals surface area contributed by atoms with Gasteiger partial charge in [-0.3, -0.25) is 0 Å². The molecule has 0 amide bonds. The van der Waals surface area contributed by atoms with Crippen LogP contribution in [0.3, 0.4) is 0 Å². The summed E-state index contributed by atoms with van der Waals surface area (Å²) in [6.07, 6.45) is 0.692. The van der Waals surface area contributed by atoms with E-state index in [1.807, 2.05) is 14.0 Å². The second-order valence-corrected chi connectivity index (χ2v) is 5.14. The molecule has 106 valence electrons. The van der Waals surface area contributed by atoms with Crippen LogP contribution < -0.4 is 10.1 Å². The van der Waals surface area contributed by atoms with E-state index in [2.05, 4.69) is 5.32 Å². The minimum Gasteiger partial charge on any atom is -0.457 e. The number of rotatable bonds is 5.